The van der Waals surface area contributed by atoms with Crippen molar-refractivity contribution in [3.8, 4) is 5.75 Å². The lowest BCUT2D eigenvalue weighted by Crippen LogP contribution is -2.38. The summed E-state index contributed by atoms with van der Waals surface area (Å²) in [4.78, 5) is 30.4. The van der Waals surface area contributed by atoms with Crippen molar-refractivity contribution in [3.63, 3.8) is 0 Å². The number of carbonyl (C=O) groups is 2. The van der Waals surface area contributed by atoms with Crippen LogP contribution in [-0.2, 0) is 9.59 Å². The highest BCUT2D eigenvalue weighted by Gasteiger charge is 2.46. The van der Waals surface area contributed by atoms with E-state index in [1.165, 1.54) is 0 Å². The first-order valence-electron chi connectivity index (χ1n) is 12.6. The number of carbonyl (C=O) groups excluding carboxylic acids is 2. The zero-order chi connectivity index (χ0) is 25.7. The maximum atomic E-state index is 13.4. The lowest BCUT2D eigenvalue weighted by Gasteiger charge is -2.29. The molecule has 1 atom stereocenters. The third-order valence-electron chi connectivity index (χ3n) is 6.78. The number of hydrogen-bond donors (Lipinski definition) is 1. The van der Waals surface area contributed by atoms with Crippen LogP contribution < -0.4 is 4.74 Å². The maximum absolute atomic E-state index is 13.4. The van der Waals surface area contributed by atoms with Crippen molar-refractivity contribution in [3.05, 3.63) is 70.3 Å². The number of hydrogen-bond acceptors (Lipinski definition) is 5. The summed E-state index contributed by atoms with van der Waals surface area (Å²) in [6, 6.07) is 12.5. The first-order valence-corrected chi connectivity index (χ1v) is 12.6. The molecule has 2 aromatic carbocycles. The molecular formula is C29H38N2O4. The van der Waals surface area contributed by atoms with Crippen molar-refractivity contribution >= 4 is 17.4 Å². The number of aryl methyl sites for hydroxylation is 1. The Morgan fingerprint density at radius 3 is 2.37 bits per heavy atom. The van der Waals surface area contributed by atoms with Crippen LogP contribution in [-0.4, -0.2) is 59.4 Å². The van der Waals surface area contributed by atoms with Crippen LogP contribution in [0.5, 0.6) is 5.75 Å². The Kier molecular flexibility index (Phi) is 8.73. The van der Waals surface area contributed by atoms with E-state index in [0.29, 0.717) is 25.3 Å². The number of aliphatic hydroxyl groups is 1. The average molecular weight is 479 g/mol. The van der Waals surface area contributed by atoms with Crippen molar-refractivity contribution in [2.45, 2.75) is 53.5 Å². The topological polar surface area (TPSA) is 70.1 Å². The first kappa shape index (κ1) is 26.5. The Hall–Kier alpha value is -3.12. The van der Waals surface area contributed by atoms with Gasteiger partial charge in [0.1, 0.15) is 11.5 Å². The Labute approximate surface area is 209 Å². The molecular weight excluding hydrogens is 440 g/mol. The second-order valence-electron chi connectivity index (χ2n) is 9.22. The number of ether oxygens (including phenoxy) is 1. The van der Waals surface area contributed by atoms with E-state index in [0.717, 1.165) is 35.5 Å². The molecule has 0 saturated carbocycles. The summed E-state index contributed by atoms with van der Waals surface area (Å²) < 4.78 is 5.76. The zero-order valence-electron chi connectivity index (χ0n) is 21.8. The number of likely N-dealkylation sites (N-methyl/N-ethyl adjacent to an activating group) is 1. The van der Waals surface area contributed by atoms with Gasteiger partial charge >= 0.3 is 0 Å². The molecule has 188 valence electrons. The van der Waals surface area contributed by atoms with Gasteiger partial charge in [0.05, 0.1) is 18.2 Å². The van der Waals surface area contributed by atoms with E-state index < -0.39 is 17.7 Å². The van der Waals surface area contributed by atoms with Crippen molar-refractivity contribution < 1.29 is 19.4 Å². The summed E-state index contributed by atoms with van der Waals surface area (Å²) in [5.41, 5.74) is 3.41. The van der Waals surface area contributed by atoms with Gasteiger partial charge in [-0.15, -0.1) is 0 Å². The molecule has 0 spiro atoms. The number of Topliss-reactive ketones (excluding diaryl/α,β-unsaturated/α-hetero) is 1. The fourth-order valence-corrected chi connectivity index (χ4v) is 4.71. The minimum atomic E-state index is -0.643. The molecule has 1 aliphatic heterocycles. The summed E-state index contributed by atoms with van der Waals surface area (Å²) in [7, 11) is 0. The van der Waals surface area contributed by atoms with Crippen molar-refractivity contribution in [1.82, 2.24) is 9.80 Å². The van der Waals surface area contributed by atoms with Gasteiger partial charge in [-0.2, -0.15) is 0 Å². The fourth-order valence-electron chi connectivity index (χ4n) is 4.71. The van der Waals surface area contributed by atoms with Crippen LogP contribution in [0.15, 0.2) is 48.0 Å². The van der Waals surface area contributed by atoms with Crippen molar-refractivity contribution in [1.29, 1.82) is 0 Å². The molecule has 2 aromatic rings. The van der Waals surface area contributed by atoms with E-state index in [1.807, 2.05) is 50.2 Å². The van der Waals surface area contributed by atoms with E-state index >= 15 is 0 Å². The second-order valence-corrected chi connectivity index (χ2v) is 9.22. The molecule has 1 aliphatic rings. The van der Waals surface area contributed by atoms with E-state index in [4.69, 9.17) is 4.74 Å². The number of rotatable bonds is 10. The van der Waals surface area contributed by atoms with Crippen LogP contribution in [0.3, 0.4) is 0 Å². The minimum absolute atomic E-state index is 0.141. The monoisotopic (exact) mass is 478 g/mol. The van der Waals surface area contributed by atoms with Gasteiger partial charge in [-0.25, -0.2) is 0 Å². The lowest BCUT2D eigenvalue weighted by atomic mass is 9.91. The lowest BCUT2D eigenvalue weighted by molar-refractivity contribution is -0.140. The Morgan fingerprint density at radius 1 is 1.09 bits per heavy atom. The van der Waals surface area contributed by atoms with Gasteiger partial charge in [0.25, 0.3) is 11.7 Å². The molecule has 0 aromatic heterocycles. The molecule has 0 bridgehead atoms. The summed E-state index contributed by atoms with van der Waals surface area (Å²) in [5.74, 6) is -0.439. The number of likely N-dealkylation sites (tertiary alicyclic amines) is 1. The van der Waals surface area contributed by atoms with Crippen LogP contribution in [0.1, 0.15) is 68.8 Å². The Morgan fingerprint density at radius 2 is 1.77 bits per heavy atom. The average Bonchev–Trinajstić information content (AvgIpc) is 3.09. The van der Waals surface area contributed by atoms with Gasteiger partial charge in [0.2, 0.25) is 0 Å². The van der Waals surface area contributed by atoms with Crippen LogP contribution in [0.4, 0.5) is 0 Å². The van der Waals surface area contributed by atoms with Crippen LogP contribution in [0.2, 0.25) is 0 Å². The van der Waals surface area contributed by atoms with Gasteiger partial charge in [0, 0.05) is 18.7 Å². The zero-order valence-corrected chi connectivity index (χ0v) is 21.8. The Bertz CT molecular complexity index is 1100. The van der Waals surface area contributed by atoms with Crippen LogP contribution in [0.25, 0.3) is 5.76 Å². The molecule has 1 N–H and O–H groups in total. The van der Waals surface area contributed by atoms with E-state index in [9.17, 15) is 14.7 Å². The number of nitrogens with zero attached hydrogens (tertiary/aromatic N) is 2. The van der Waals surface area contributed by atoms with Crippen molar-refractivity contribution in [2.75, 3.05) is 32.8 Å². The molecule has 0 radical (unpaired) electrons. The third-order valence-corrected chi connectivity index (χ3v) is 6.78. The molecule has 3 rings (SSSR count). The molecule has 1 fully saturated rings. The highest BCUT2D eigenvalue weighted by Crippen LogP contribution is 2.41. The SMILES string of the molecule is CCOc1ccc(/C(O)=C2\C(=O)C(=O)N(CCN(CC)CC)C2c2ccccc2C)cc1C(C)C. The highest BCUT2D eigenvalue weighted by atomic mass is 16.5. The first-order chi connectivity index (χ1) is 16.7. The van der Waals surface area contributed by atoms with Crippen molar-refractivity contribution in [2.24, 2.45) is 0 Å². The normalized spacial score (nSPS) is 17.6. The van der Waals surface area contributed by atoms with Gasteiger partial charge in [-0.1, -0.05) is 52.0 Å². The summed E-state index contributed by atoms with van der Waals surface area (Å²) in [6.45, 7) is 15.5. The molecule has 0 aliphatic carbocycles. The van der Waals surface area contributed by atoms with Gasteiger partial charge in [-0.3, -0.25) is 9.59 Å². The van der Waals surface area contributed by atoms with E-state index in [2.05, 4.69) is 32.6 Å². The standard InChI is InChI=1S/C29H38N2O4/c1-7-30(8-2)16-17-31-26(22-13-11-10-12-20(22)6)25(28(33)29(31)34)27(32)21-14-15-24(35-9-3)23(18-21)19(4)5/h10-15,18-19,26,32H,7-9,16-17H2,1-6H3/b27-25+. The fraction of sp³-hybridized carbons (Fsp3) is 0.448. The molecule has 1 saturated heterocycles. The molecule has 1 amide bonds. The van der Waals surface area contributed by atoms with Crippen LogP contribution in [0, 0.1) is 6.92 Å². The number of ketones is 1. The van der Waals surface area contributed by atoms with E-state index in [-0.39, 0.29) is 17.3 Å². The molecule has 1 unspecified atom stereocenters. The summed E-state index contributed by atoms with van der Waals surface area (Å²) in [5, 5.41) is 11.5. The van der Waals surface area contributed by atoms with E-state index in [1.54, 1.807) is 11.0 Å². The van der Waals surface area contributed by atoms with Gasteiger partial charge < -0.3 is 19.6 Å². The predicted molar refractivity (Wildman–Crippen MR) is 140 cm³/mol. The van der Waals surface area contributed by atoms with Gasteiger partial charge in [0.15, 0.2) is 0 Å². The smallest absolute Gasteiger partial charge is 0.295 e. The predicted octanol–water partition coefficient (Wildman–Crippen LogP) is 5.28. The Balaban J connectivity index is 2.15. The quantitative estimate of drug-likeness (QED) is 0.286. The summed E-state index contributed by atoms with van der Waals surface area (Å²) >= 11 is 0. The van der Waals surface area contributed by atoms with Gasteiger partial charge in [-0.05, 0) is 67.7 Å². The second kappa shape index (κ2) is 11.5. The highest BCUT2D eigenvalue weighted by molar-refractivity contribution is 6.46. The largest absolute Gasteiger partial charge is 0.507 e. The number of amides is 1. The summed E-state index contributed by atoms with van der Waals surface area (Å²) in [6.07, 6.45) is 0. The number of aliphatic hydroxyl groups excluding tert-OH is 1. The molecule has 1 heterocycles. The third kappa shape index (κ3) is 5.43. The molecule has 35 heavy (non-hydrogen) atoms. The molecule has 6 heteroatoms. The molecule has 6 nitrogen and oxygen atoms in total. The number of benzene rings is 2. The maximum Gasteiger partial charge on any atom is 0.295 e. The minimum Gasteiger partial charge on any atom is -0.507 e. The van der Waals surface area contributed by atoms with Crippen LogP contribution >= 0.6 is 0 Å².